The van der Waals surface area contributed by atoms with Crippen LogP contribution in [-0.4, -0.2) is 14.5 Å². The molecule has 0 saturated heterocycles. The number of benzene rings is 1. The summed E-state index contributed by atoms with van der Waals surface area (Å²) in [6.07, 6.45) is 5.58. The summed E-state index contributed by atoms with van der Waals surface area (Å²) in [5, 5.41) is 0. The van der Waals surface area contributed by atoms with Crippen molar-refractivity contribution in [1.82, 2.24) is 0 Å². The largest absolute Gasteiger partial charge is 0.399 e. The van der Waals surface area contributed by atoms with E-state index in [1.54, 1.807) is 30.4 Å². The lowest BCUT2D eigenvalue weighted by Crippen LogP contribution is -2.20. The van der Waals surface area contributed by atoms with Gasteiger partial charge in [0.1, 0.15) is 0 Å². The molecule has 0 heterocycles. The van der Waals surface area contributed by atoms with Crippen LogP contribution in [0.1, 0.15) is 6.42 Å². The average molecular weight is 250 g/mol. The lowest BCUT2D eigenvalue weighted by atomic mass is 10.1. The molecule has 0 bridgehead atoms. The maximum atomic E-state index is 12.3. The summed E-state index contributed by atoms with van der Waals surface area (Å²) in [5.74, 6) is 0. The first-order valence-corrected chi connectivity index (χ1v) is 6.73. The molecule has 4 nitrogen and oxygen atoms in total. The average Bonchev–Trinajstić information content (AvgIpc) is 2.29. The minimum absolute atomic E-state index is 0.197. The molecule has 1 aromatic carbocycles. The number of anilines is 1. The van der Waals surface area contributed by atoms with Crippen molar-refractivity contribution in [2.75, 3.05) is 5.73 Å². The van der Waals surface area contributed by atoms with Crippen LogP contribution in [0.5, 0.6) is 0 Å². The molecule has 0 fully saturated rings. The standard InChI is InChI=1S/C12H14N2O2S/c13-9-3-1-5-11(7-9)17(15,16)12-6-2-4-10(14)8-12/h1-3,5-8,10H,4,13-14H2. The molecule has 0 radical (unpaired) electrons. The molecule has 17 heavy (non-hydrogen) atoms. The summed E-state index contributed by atoms with van der Waals surface area (Å²) >= 11 is 0. The van der Waals surface area contributed by atoms with E-state index in [-0.39, 0.29) is 15.8 Å². The zero-order valence-corrected chi connectivity index (χ0v) is 10.0. The maximum absolute atomic E-state index is 12.3. The van der Waals surface area contributed by atoms with Gasteiger partial charge in [0, 0.05) is 11.7 Å². The van der Waals surface area contributed by atoms with Crippen molar-refractivity contribution < 1.29 is 8.42 Å². The van der Waals surface area contributed by atoms with Crippen LogP contribution in [0.4, 0.5) is 5.69 Å². The second-order valence-electron chi connectivity index (χ2n) is 3.95. The van der Waals surface area contributed by atoms with E-state index in [0.717, 1.165) is 0 Å². The fourth-order valence-electron chi connectivity index (χ4n) is 1.67. The van der Waals surface area contributed by atoms with Gasteiger partial charge >= 0.3 is 0 Å². The van der Waals surface area contributed by atoms with Crippen LogP contribution < -0.4 is 11.5 Å². The molecule has 0 spiro atoms. The van der Waals surface area contributed by atoms with E-state index in [0.29, 0.717) is 12.1 Å². The summed E-state index contributed by atoms with van der Waals surface area (Å²) in [5.41, 5.74) is 11.7. The molecule has 1 atom stereocenters. The SMILES string of the molecule is Nc1cccc(S(=O)(=O)C2=CC(N)CC=C2)c1. The predicted octanol–water partition coefficient (Wildman–Crippen LogP) is 1.21. The van der Waals surface area contributed by atoms with Crippen molar-refractivity contribution in [3.05, 3.63) is 47.4 Å². The van der Waals surface area contributed by atoms with Crippen molar-refractivity contribution in [2.45, 2.75) is 17.4 Å². The Bertz CT molecular complexity index is 588. The molecular formula is C12H14N2O2S. The van der Waals surface area contributed by atoms with E-state index < -0.39 is 9.84 Å². The Kier molecular flexibility index (Phi) is 3.04. The quantitative estimate of drug-likeness (QED) is 0.772. The van der Waals surface area contributed by atoms with Crippen molar-refractivity contribution in [2.24, 2.45) is 5.73 Å². The minimum atomic E-state index is -3.50. The van der Waals surface area contributed by atoms with Gasteiger partial charge in [0.2, 0.25) is 9.84 Å². The molecule has 1 aliphatic rings. The highest BCUT2D eigenvalue weighted by Crippen LogP contribution is 2.24. The molecule has 0 aliphatic heterocycles. The lowest BCUT2D eigenvalue weighted by Gasteiger charge is -2.13. The van der Waals surface area contributed by atoms with E-state index in [9.17, 15) is 8.42 Å². The van der Waals surface area contributed by atoms with Crippen LogP contribution in [0.2, 0.25) is 0 Å². The number of hydrogen-bond donors (Lipinski definition) is 2. The third-order valence-corrected chi connectivity index (χ3v) is 4.31. The molecule has 0 aromatic heterocycles. The van der Waals surface area contributed by atoms with E-state index in [4.69, 9.17) is 11.5 Å². The van der Waals surface area contributed by atoms with Gasteiger partial charge in [0.25, 0.3) is 0 Å². The van der Waals surface area contributed by atoms with Gasteiger partial charge in [-0.25, -0.2) is 8.42 Å². The van der Waals surface area contributed by atoms with Crippen LogP contribution in [-0.2, 0) is 9.84 Å². The van der Waals surface area contributed by atoms with Crippen LogP contribution in [0, 0.1) is 0 Å². The van der Waals surface area contributed by atoms with Crippen LogP contribution in [0.15, 0.2) is 52.3 Å². The van der Waals surface area contributed by atoms with Gasteiger partial charge in [-0.2, -0.15) is 0 Å². The highest BCUT2D eigenvalue weighted by molar-refractivity contribution is 7.95. The topological polar surface area (TPSA) is 86.2 Å². The number of allylic oxidation sites excluding steroid dienone is 1. The molecule has 0 amide bonds. The lowest BCUT2D eigenvalue weighted by molar-refractivity contribution is 0.602. The van der Waals surface area contributed by atoms with E-state index in [1.165, 1.54) is 12.1 Å². The first-order chi connectivity index (χ1) is 8.00. The third-order valence-electron chi connectivity index (χ3n) is 2.55. The first-order valence-electron chi connectivity index (χ1n) is 5.25. The van der Waals surface area contributed by atoms with Crippen molar-refractivity contribution in [3.63, 3.8) is 0 Å². The van der Waals surface area contributed by atoms with E-state index >= 15 is 0 Å². The van der Waals surface area contributed by atoms with Gasteiger partial charge in [-0.05, 0) is 36.8 Å². The first kappa shape index (κ1) is 11.9. The monoisotopic (exact) mass is 250 g/mol. The molecule has 1 aromatic rings. The number of nitrogens with two attached hydrogens (primary N) is 2. The van der Waals surface area contributed by atoms with Crippen LogP contribution in [0.3, 0.4) is 0 Å². The highest BCUT2D eigenvalue weighted by Gasteiger charge is 2.21. The second-order valence-corrected chi connectivity index (χ2v) is 5.90. The Labute approximate surface area is 101 Å². The van der Waals surface area contributed by atoms with Crippen molar-refractivity contribution in [1.29, 1.82) is 0 Å². The zero-order valence-electron chi connectivity index (χ0n) is 9.21. The van der Waals surface area contributed by atoms with Gasteiger partial charge in [0.15, 0.2) is 0 Å². The maximum Gasteiger partial charge on any atom is 0.206 e. The fourth-order valence-corrected chi connectivity index (χ4v) is 3.12. The fraction of sp³-hybridized carbons (Fsp3) is 0.167. The van der Waals surface area contributed by atoms with Gasteiger partial charge in [-0.3, -0.25) is 0 Å². The summed E-state index contributed by atoms with van der Waals surface area (Å²) < 4.78 is 24.5. The van der Waals surface area contributed by atoms with E-state index in [2.05, 4.69) is 0 Å². The molecule has 5 heteroatoms. The third kappa shape index (κ3) is 2.40. The second kappa shape index (κ2) is 4.35. The Morgan fingerprint density at radius 2 is 2.06 bits per heavy atom. The normalized spacial score (nSPS) is 20.1. The predicted molar refractivity (Wildman–Crippen MR) is 67.9 cm³/mol. The van der Waals surface area contributed by atoms with Gasteiger partial charge in [-0.1, -0.05) is 12.1 Å². The molecule has 90 valence electrons. The molecular weight excluding hydrogens is 236 g/mol. The Balaban J connectivity index is 2.47. The molecule has 4 N–H and O–H groups in total. The van der Waals surface area contributed by atoms with Gasteiger partial charge in [-0.15, -0.1) is 0 Å². The van der Waals surface area contributed by atoms with E-state index in [1.807, 2.05) is 0 Å². The van der Waals surface area contributed by atoms with Crippen molar-refractivity contribution in [3.8, 4) is 0 Å². The van der Waals surface area contributed by atoms with Gasteiger partial charge < -0.3 is 11.5 Å². The van der Waals surface area contributed by atoms with Crippen LogP contribution >= 0.6 is 0 Å². The Morgan fingerprint density at radius 1 is 1.29 bits per heavy atom. The molecule has 2 rings (SSSR count). The van der Waals surface area contributed by atoms with Crippen LogP contribution in [0.25, 0.3) is 0 Å². The Morgan fingerprint density at radius 3 is 2.71 bits per heavy atom. The minimum Gasteiger partial charge on any atom is -0.399 e. The summed E-state index contributed by atoms with van der Waals surface area (Å²) in [6.45, 7) is 0. The molecule has 1 aliphatic carbocycles. The molecule has 0 saturated carbocycles. The number of nitrogen functional groups attached to an aromatic ring is 1. The summed E-state index contributed by atoms with van der Waals surface area (Å²) in [6, 6.07) is 6.00. The zero-order chi connectivity index (χ0) is 12.5. The highest BCUT2D eigenvalue weighted by atomic mass is 32.2. The number of hydrogen-bond acceptors (Lipinski definition) is 4. The van der Waals surface area contributed by atoms with Gasteiger partial charge in [0.05, 0.1) is 9.80 Å². The van der Waals surface area contributed by atoms with Crippen molar-refractivity contribution >= 4 is 15.5 Å². The Hall–Kier alpha value is -1.59. The number of rotatable bonds is 2. The smallest absolute Gasteiger partial charge is 0.206 e. The number of sulfone groups is 1. The summed E-state index contributed by atoms with van der Waals surface area (Å²) in [7, 11) is -3.50. The summed E-state index contributed by atoms with van der Waals surface area (Å²) in [4.78, 5) is 0.435. The molecule has 1 unspecified atom stereocenters.